The molecule has 0 radical (unpaired) electrons. The first kappa shape index (κ1) is 45.9. The van der Waals surface area contributed by atoms with Gasteiger partial charge in [0.15, 0.2) is 5.40 Å². The van der Waals surface area contributed by atoms with Crippen LogP contribution in [0.25, 0.3) is 0 Å². The fourth-order valence-corrected chi connectivity index (χ4v) is 12.5. The lowest BCUT2D eigenvalue weighted by molar-refractivity contribution is -0.134. The predicted octanol–water partition coefficient (Wildman–Crippen LogP) is 12.4. The van der Waals surface area contributed by atoms with Gasteiger partial charge in [0.25, 0.3) is 0 Å². The molecule has 0 aliphatic carbocycles. The summed E-state index contributed by atoms with van der Waals surface area (Å²) in [5.41, 5.74) is 2.63. The molecule has 1 aliphatic heterocycles. The van der Waals surface area contributed by atoms with Gasteiger partial charge in [-0.25, -0.2) is 0 Å². The molecular weight excluding hydrogens is 686 g/mol. The van der Waals surface area contributed by atoms with Gasteiger partial charge in [0.05, 0.1) is 26.4 Å². The second-order valence-electron chi connectivity index (χ2n) is 15.3. The van der Waals surface area contributed by atoms with Gasteiger partial charge in [0.1, 0.15) is 17.1 Å². The van der Waals surface area contributed by atoms with Crippen LogP contribution in [-0.2, 0) is 38.4 Å². The first-order valence-electron chi connectivity index (χ1n) is 19.9. The standard InChI is InChI=1S/C40H72O9P2/c1-12-44-50(42,45-13-2)38(51(43,46-14-3)47-15-4)25-24-37(41)48-36-29-33(9)39-35(34(36)10)26-28-40(11,49-39)27-18-23-32(8)22-17-21-31(7)20-16-19-30(5)6/h29-32,38H,12-28H2,1-11H3. The molecule has 0 amide bonds. The molecule has 0 aromatic heterocycles. The van der Waals surface area contributed by atoms with Crippen LogP contribution in [0.5, 0.6) is 11.5 Å². The molecule has 9 nitrogen and oxygen atoms in total. The predicted molar refractivity (Wildman–Crippen MR) is 208 cm³/mol. The summed E-state index contributed by atoms with van der Waals surface area (Å²) in [7, 11) is -7.92. The highest BCUT2D eigenvalue weighted by Crippen LogP contribution is 2.71. The molecule has 0 N–H and O–H groups in total. The summed E-state index contributed by atoms with van der Waals surface area (Å²) in [6, 6.07) is 1.86. The maximum Gasteiger partial charge on any atom is 0.345 e. The normalized spacial score (nSPS) is 17.7. The number of rotatable bonds is 26. The highest BCUT2D eigenvalue weighted by molar-refractivity contribution is 7.72. The number of carbonyl (C=O) groups excluding carboxylic acids is 1. The van der Waals surface area contributed by atoms with E-state index < -0.39 is 26.6 Å². The Morgan fingerprint density at radius 3 is 1.76 bits per heavy atom. The molecule has 1 aliphatic rings. The largest absolute Gasteiger partial charge is 0.487 e. The van der Waals surface area contributed by atoms with Crippen molar-refractivity contribution in [1.29, 1.82) is 0 Å². The third-order valence-corrected chi connectivity index (χ3v) is 16.3. The Morgan fingerprint density at radius 2 is 1.27 bits per heavy atom. The highest BCUT2D eigenvalue weighted by atomic mass is 31.2. The minimum atomic E-state index is -3.96. The third kappa shape index (κ3) is 14.5. The van der Waals surface area contributed by atoms with Crippen molar-refractivity contribution in [2.75, 3.05) is 26.4 Å². The number of aryl methyl sites for hydroxylation is 1. The first-order valence-corrected chi connectivity index (χ1v) is 23.1. The van der Waals surface area contributed by atoms with E-state index in [1.165, 1.54) is 44.9 Å². The van der Waals surface area contributed by atoms with Crippen LogP contribution in [0.15, 0.2) is 6.07 Å². The van der Waals surface area contributed by atoms with E-state index in [0.29, 0.717) is 5.75 Å². The van der Waals surface area contributed by atoms with Crippen LogP contribution in [0.3, 0.4) is 0 Å². The van der Waals surface area contributed by atoms with Crippen molar-refractivity contribution >= 4 is 21.2 Å². The van der Waals surface area contributed by atoms with Crippen molar-refractivity contribution in [3.05, 3.63) is 22.8 Å². The number of ether oxygens (including phenoxy) is 2. The Labute approximate surface area is 311 Å². The van der Waals surface area contributed by atoms with Crippen LogP contribution in [0.4, 0.5) is 0 Å². The second kappa shape index (κ2) is 22.2. The molecule has 1 heterocycles. The van der Waals surface area contributed by atoms with Crippen LogP contribution in [0.2, 0.25) is 0 Å². The summed E-state index contributed by atoms with van der Waals surface area (Å²) in [6.45, 7) is 22.6. The molecule has 51 heavy (non-hydrogen) atoms. The van der Waals surface area contributed by atoms with Gasteiger partial charge >= 0.3 is 21.2 Å². The molecule has 3 atom stereocenters. The zero-order valence-electron chi connectivity index (χ0n) is 34.0. The minimum absolute atomic E-state index is 0.0720. The van der Waals surface area contributed by atoms with Crippen LogP contribution in [-0.4, -0.2) is 43.4 Å². The molecule has 1 aromatic carbocycles. The molecule has 0 saturated carbocycles. The van der Waals surface area contributed by atoms with Gasteiger partial charge in [0.2, 0.25) is 0 Å². The number of esters is 1. The van der Waals surface area contributed by atoms with E-state index in [-0.39, 0.29) is 44.9 Å². The van der Waals surface area contributed by atoms with Gasteiger partial charge < -0.3 is 27.6 Å². The molecule has 296 valence electrons. The first-order chi connectivity index (χ1) is 24.1. The fraction of sp³-hybridized carbons (Fsp3) is 0.825. The van der Waals surface area contributed by atoms with Crippen molar-refractivity contribution in [3.63, 3.8) is 0 Å². The monoisotopic (exact) mass is 758 g/mol. The van der Waals surface area contributed by atoms with Gasteiger partial charge in [-0.15, -0.1) is 0 Å². The molecular formula is C40H72O9P2. The van der Waals surface area contributed by atoms with Crippen molar-refractivity contribution in [2.45, 2.75) is 171 Å². The zero-order valence-corrected chi connectivity index (χ0v) is 35.8. The number of benzene rings is 1. The summed E-state index contributed by atoms with van der Waals surface area (Å²) in [5.74, 6) is 3.17. The van der Waals surface area contributed by atoms with E-state index in [1.807, 2.05) is 19.9 Å². The molecule has 0 fully saturated rings. The molecule has 3 unspecified atom stereocenters. The topological polar surface area (TPSA) is 107 Å². The van der Waals surface area contributed by atoms with Crippen molar-refractivity contribution in [3.8, 4) is 11.5 Å². The van der Waals surface area contributed by atoms with Gasteiger partial charge in [-0.1, -0.05) is 72.6 Å². The van der Waals surface area contributed by atoms with E-state index in [4.69, 9.17) is 27.6 Å². The Bertz CT molecular complexity index is 1250. The SMILES string of the molecule is CCOP(=O)(OCC)C(CCC(=O)Oc1cc(C)c2c(c1C)CCC(C)(CCCC(C)CCCC(C)CCCC(C)C)O2)P(=O)(OCC)OCC. The Balaban J connectivity index is 2.02. The zero-order chi connectivity index (χ0) is 38.2. The summed E-state index contributed by atoms with van der Waals surface area (Å²) in [4.78, 5) is 13.3. The van der Waals surface area contributed by atoms with Gasteiger partial charge in [-0.3, -0.25) is 13.9 Å². The highest BCUT2D eigenvalue weighted by Gasteiger charge is 2.50. The number of fused-ring (bicyclic) bond motifs is 1. The van der Waals surface area contributed by atoms with E-state index in [9.17, 15) is 13.9 Å². The van der Waals surface area contributed by atoms with Crippen LogP contribution in [0.1, 0.15) is 156 Å². The summed E-state index contributed by atoms with van der Waals surface area (Å²) in [5, 5.41) is -1.27. The molecule has 1 aromatic rings. The lowest BCUT2D eigenvalue weighted by Crippen LogP contribution is -2.37. The quantitative estimate of drug-likeness (QED) is 0.0518. The Morgan fingerprint density at radius 1 is 0.784 bits per heavy atom. The number of carbonyl (C=O) groups is 1. The van der Waals surface area contributed by atoms with E-state index in [1.54, 1.807) is 27.7 Å². The van der Waals surface area contributed by atoms with Crippen LogP contribution < -0.4 is 9.47 Å². The summed E-state index contributed by atoms with van der Waals surface area (Å²) < 4.78 is 62.5. The van der Waals surface area contributed by atoms with Crippen molar-refractivity contribution in [2.24, 2.45) is 17.8 Å². The molecule has 0 spiro atoms. The second-order valence-corrected chi connectivity index (χ2v) is 20.1. The molecule has 2 rings (SSSR count). The summed E-state index contributed by atoms with van der Waals surface area (Å²) in [6.07, 6.45) is 12.8. The van der Waals surface area contributed by atoms with Gasteiger partial charge in [-0.05, 0) is 116 Å². The van der Waals surface area contributed by atoms with E-state index in [2.05, 4.69) is 34.6 Å². The average Bonchev–Trinajstić information content (AvgIpc) is 3.03. The summed E-state index contributed by atoms with van der Waals surface area (Å²) >= 11 is 0. The van der Waals surface area contributed by atoms with Gasteiger partial charge in [-0.2, -0.15) is 0 Å². The van der Waals surface area contributed by atoms with E-state index in [0.717, 1.165) is 65.9 Å². The molecule has 0 bridgehead atoms. The van der Waals surface area contributed by atoms with Gasteiger partial charge in [0, 0.05) is 12.0 Å². The Hall–Kier alpha value is -1.21. The average molecular weight is 759 g/mol. The smallest absolute Gasteiger partial charge is 0.345 e. The third-order valence-electron chi connectivity index (χ3n) is 10.1. The molecule has 0 saturated heterocycles. The lowest BCUT2D eigenvalue weighted by atomic mass is 9.84. The maximum absolute atomic E-state index is 13.9. The van der Waals surface area contributed by atoms with Crippen molar-refractivity contribution < 1.29 is 41.5 Å². The number of hydrogen-bond donors (Lipinski definition) is 0. The van der Waals surface area contributed by atoms with Crippen LogP contribution in [0, 0.1) is 31.6 Å². The molecule has 11 heteroatoms. The fourth-order valence-electron chi connectivity index (χ4n) is 7.19. The van der Waals surface area contributed by atoms with E-state index >= 15 is 0 Å². The lowest BCUT2D eigenvalue weighted by Gasteiger charge is -2.38. The minimum Gasteiger partial charge on any atom is -0.487 e. The maximum atomic E-state index is 13.9. The number of hydrogen-bond acceptors (Lipinski definition) is 9. The van der Waals surface area contributed by atoms with Crippen LogP contribution >= 0.6 is 15.2 Å². The Kier molecular flexibility index (Phi) is 20.0. The van der Waals surface area contributed by atoms with Crippen molar-refractivity contribution in [1.82, 2.24) is 0 Å².